The van der Waals surface area contributed by atoms with E-state index in [4.69, 9.17) is 20.8 Å². The topological polar surface area (TPSA) is 59.8 Å². The Morgan fingerprint density at radius 2 is 1.75 bits per heavy atom. The van der Waals surface area contributed by atoms with Crippen molar-refractivity contribution in [1.29, 1.82) is 0 Å². The molecule has 2 heterocycles. The first-order valence-corrected chi connectivity index (χ1v) is 11.7. The van der Waals surface area contributed by atoms with Crippen LogP contribution in [0.3, 0.4) is 0 Å². The third-order valence-electron chi connectivity index (χ3n) is 6.07. The molecule has 1 saturated heterocycles. The number of carbonyl (C=O) groups excluding carboxylic acids is 2. The standard InChI is InChI=1S/C26H28ClNO4/c1-3-5-22-21-11-8-19(17-6-9-20(27)10-7-17)16-23(21)32-24(22)25(29)28-14-12-18(13-15-28)26(30)31-4-2/h6-11,16,18H,3-5,12-15H2,1-2H3. The van der Waals surface area contributed by atoms with Crippen LogP contribution in [0.2, 0.25) is 5.02 Å². The fraction of sp³-hybridized carbons (Fsp3) is 0.385. The zero-order chi connectivity index (χ0) is 22.7. The third-order valence-corrected chi connectivity index (χ3v) is 6.32. The number of piperidine rings is 1. The molecule has 0 unspecified atom stereocenters. The zero-order valence-electron chi connectivity index (χ0n) is 18.5. The molecule has 1 amide bonds. The van der Waals surface area contributed by atoms with E-state index >= 15 is 0 Å². The molecule has 2 aromatic carbocycles. The van der Waals surface area contributed by atoms with E-state index in [1.54, 1.807) is 4.90 Å². The number of esters is 1. The van der Waals surface area contributed by atoms with Crippen LogP contribution in [0.15, 0.2) is 46.9 Å². The van der Waals surface area contributed by atoms with E-state index in [0.29, 0.717) is 48.9 Å². The van der Waals surface area contributed by atoms with Crippen molar-refractivity contribution in [3.8, 4) is 11.1 Å². The van der Waals surface area contributed by atoms with Gasteiger partial charge in [-0.25, -0.2) is 0 Å². The quantitative estimate of drug-likeness (QED) is 0.422. The highest BCUT2D eigenvalue weighted by Crippen LogP contribution is 2.33. The van der Waals surface area contributed by atoms with Gasteiger partial charge >= 0.3 is 5.97 Å². The second-order valence-corrected chi connectivity index (χ2v) is 8.63. The van der Waals surface area contributed by atoms with Gasteiger partial charge in [0.1, 0.15) is 5.58 Å². The summed E-state index contributed by atoms with van der Waals surface area (Å²) in [6, 6.07) is 13.7. The SMILES string of the molecule is CCCc1c(C(=O)N2CCC(C(=O)OCC)CC2)oc2cc(-c3ccc(Cl)cc3)ccc12. The van der Waals surface area contributed by atoms with Crippen LogP contribution in [0.5, 0.6) is 0 Å². The molecule has 0 radical (unpaired) electrons. The normalized spacial score (nSPS) is 14.7. The van der Waals surface area contributed by atoms with E-state index in [9.17, 15) is 9.59 Å². The van der Waals surface area contributed by atoms with Crippen molar-refractivity contribution >= 4 is 34.4 Å². The molecular weight excluding hydrogens is 426 g/mol. The molecule has 5 nitrogen and oxygen atoms in total. The van der Waals surface area contributed by atoms with E-state index in [1.165, 1.54) is 0 Å². The first-order chi connectivity index (χ1) is 15.5. The molecule has 3 aromatic rings. The minimum absolute atomic E-state index is 0.0972. The summed E-state index contributed by atoms with van der Waals surface area (Å²) in [6.45, 7) is 5.35. The van der Waals surface area contributed by atoms with Gasteiger partial charge in [0, 0.05) is 29.1 Å². The summed E-state index contributed by atoms with van der Waals surface area (Å²) in [6.07, 6.45) is 2.93. The first kappa shape index (κ1) is 22.4. The monoisotopic (exact) mass is 453 g/mol. The Morgan fingerprint density at radius 3 is 2.41 bits per heavy atom. The van der Waals surface area contributed by atoms with Gasteiger partial charge in [-0.15, -0.1) is 0 Å². The third kappa shape index (κ3) is 4.53. The lowest BCUT2D eigenvalue weighted by molar-refractivity contribution is -0.149. The van der Waals surface area contributed by atoms with Crippen molar-refractivity contribution in [3.63, 3.8) is 0 Å². The Morgan fingerprint density at radius 1 is 1.06 bits per heavy atom. The lowest BCUT2D eigenvalue weighted by Crippen LogP contribution is -2.40. The van der Waals surface area contributed by atoms with Gasteiger partial charge in [-0.05, 0) is 55.5 Å². The molecule has 0 spiro atoms. The molecular formula is C26H28ClNO4. The fourth-order valence-electron chi connectivity index (χ4n) is 4.36. The van der Waals surface area contributed by atoms with Crippen LogP contribution in [0, 0.1) is 5.92 Å². The highest BCUT2D eigenvalue weighted by atomic mass is 35.5. The molecule has 1 aliphatic heterocycles. The fourth-order valence-corrected chi connectivity index (χ4v) is 4.49. The number of furan rings is 1. The van der Waals surface area contributed by atoms with Crippen LogP contribution >= 0.6 is 11.6 Å². The van der Waals surface area contributed by atoms with Gasteiger partial charge in [-0.2, -0.15) is 0 Å². The number of aryl methyl sites for hydroxylation is 1. The summed E-state index contributed by atoms with van der Waals surface area (Å²) in [7, 11) is 0. The molecule has 168 valence electrons. The molecule has 0 aliphatic carbocycles. The van der Waals surface area contributed by atoms with Gasteiger partial charge < -0.3 is 14.1 Å². The van der Waals surface area contributed by atoms with E-state index in [1.807, 2.05) is 43.3 Å². The van der Waals surface area contributed by atoms with Crippen molar-refractivity contribution in [2.75, 3.05) is 19.7 Å². The number of carbonyl (C=O) groups is 2. The maximum absolute atomic E-state index is 13.4. The average molecular weight is 454 g/mol. The molecule has 1 aliphatic rings. The number of fused-ring (bicyclic) bond motifs is 1. The molecule has 0 saturated carbocycles. The minimum atomic E-state index is -0.162. The molecule has 0 N–H and O–H groups in total. The summed E-state index contributed by atoms with van der Waals surface area (Å²) >= 11 is 6.02. The summed E-state index contributed by atoms with van der Waals surface area (Å²) in [5, 5.41) is 1.67. The van der Waals surface area contributed by atoms with Crippen LogP contribution in [-0.4, -0.2) is 36.5 Å². The van der Waals surface area contributed by atoms with Gasteiger partial charge in [-0.1, -0.05) is 49.2 Å². The van der Waals surface area contributed by atoms with Gasteiger partial charge in [0.2, 0.25) is 0 Å². The van der Waals surface area contributed by atoms with E-state index in [-0.39, 0.29) is 17.8 Å². The van der Waals surface area contributed by atoms with E-state index in [0.717, 1.165) is 34.9 Å². The number of hydrogen-bond donors (Lipinski definition) is 0. The zero-order valence-corrected chi connectivity index (χ0v) is 19.3. The lowest BCUT2D eigenvalue weighted by atomic mass is 9.96. The Bertz CT molecular complexity index is 1110. The molecule has 1 aromatic heterocycles. The van der Waals surface area contributed by atoms with Crippen LogP contribution in [0.4, 0.5) is 0 Å². The van der Waals surface area contributed by atoms with Crippen molar-refractivity contribution < 1.29 is 18.7 Å². The van der Waals surface area contributed by atoms with E-state index in [2.05, 4.69) is 13.0 Å². The maximum Gasteiger partial charge on any atom is 0.309 e. The van der Waals surface area contributed by atoms with Crippen molar-refractivity contribution in [1.82, 2.24) is 4.90 Å². The summed E-state index contributed by atoms with van der Waals surface area (Å²) in [5.74, 6) is 0.0288. The number of ether oxygens (including phenoxy) is 1. The summed E-state index contributed by atoms with van der Waals surface area (Å²) < 4.78 is 11.3. The Kier molecular flexibility index (Phi) is 6.85. The Labute approximate surface area is 193 Å². The Hall–Kier alpha value is -2.79. The van der Waals surface area contributed by atoms with Crippen LogP contribution in [-0.2, 0) is 16.0 Å². The molecule has 0 atom stereocenters. The van der Waals surface area contributed by atoms with Crippen molar-refractivity contribution in [2.24, 2.45) is 5.92 Å². The van der Waals surface area contributed by atoms with Gasteiger partial charge in [0.05, 0.1) is 12.5 Å². The molecule has 6 heteroatoms. The molecule has 1 fully saturated rings. The van der Waals surface area contributed by atoms with Crippen molar-refractivity contribution in [3.05, 3.63) is 58.8 Å². The second-order valence-electron chi connectivity index (χ2n) is 8.20. The smallest absolute Gasteiger partial charge is 0.309 e. The maximum atomic E-state index is 13.4. The number of rotatable bonds is 6. The van der Waals surface area contributed by atoms with E-state index < -0.39 is 0 Å². The number of amides is 1. The van der Waals surface area contributed by atoms with Gasteiger partial charge in [0.15, 0.2) is 5.76 Å². The van der Waals surface area contributed by atoms with Crippen LogP contribution < -0.4 is 0 Å². The highest BCUT2D eigenvalue weighted by Gasteiger charge is 2.31. The lowest BCUT2D eigenvalue weighted by Gasteiger charge is -2.30. The molecule has 32 heavy (non-hydrogen) atoms. The number of likely N-dealkylation sites (tertiary alicyclic amines) is 1. The molecule has 0 bridgehead atoms. The summed E-state index contributed by atoms with van der Waals surface area (Å²) in [5.41, 5.74) is 3.73. The predicted molar refractivity (Wildman–Crippen MR) is 126 cm³/mol. The Balaban J connectivity index is 1.60. The number of benzene rings is 2. The second kappa shape index (κ2) is 9.78. The molecule has 4 rings (SSSR count). The van der Waals surface area contributed by atoms with Gasteiger partial charge in [0.25, 0.3) is 5.91 Å². The van der Waals surface area contributed by atoms with Crippen LogP contribution in [0.1, 0.15) is 49.2 Å². The highest BCUT2D eigenvalue weighted by molar-refractivity contribution is 6.30. The van der Waals surface area contributed by atoms with Crippen LogP contribution in [0.25, 0.3) is 22.1 Å². The van der Waals surface area contributed by atoms with Gasteiger partial charge in [-0.3, -0.25) is 9.59 Å². The number of nitrogens with zero attached hydrogens (tertiary/aromatic N) is 1. The summed E-state index contributed by atoms with van der Waals surface area (Å²) in [4.78, 5) is 27.2. The predicted octanol–water partition coefficient (Wildman–Crippen LogP) is 6.12. The first-order valence-electron chi connectivity index (χ1n) is 11.3. The number of halogens is 1. The largest absolute Gasteiger partial charge is 0.466 e. The van der Waals surface area contributed by atoms with Crippen molar-refractivity contribution in [2.45, 2.75) is 39.5 Å². The average Bonchev–Trinajstić information content (AvgIpc) is 3.17. The minimum Gasteiger partial charge on any atom is -0.466 e. The number of hydrogen-bond acceptors (Lipinski definition) is 4.